The molecule has 2 heterocycles. The molecule has 1 aliphatic rings. The van der Waals surface area contributed by atoms with Gasteiger partial charge in [0.25, 0.3) is 0 Å². The number of aryl methyl sites for hydroxylation is 1. The van der Waals surface area contributed by atoms with Gasteiger partial charge in [-0.15, -0.1) is 22.9 Å². The first-order chi connectivity index (χ1) is 8.28. The Hall–Kier alpha value is -1.26. The van der Waals surface area contributed by atoms with E-state index in [1.807, 2.05) is 25.1 Å². The Morgan fingerprint density at radius 3 is 2.94 bits per heavy atom. The van der Waals surface area contributed by atoms with Gasteiger partial charge in [-0.05, 0) is 25.1 Å². The van der Waals surface area contributed by atoms with Gasteiger partial charge in [0.15, 0.2) is 11.5 Å². The summed E-state index contributed by atoms with van der Waals surface area (Å²) in [7, 11) is 0. The number of aromatic nitrogens is 1. The van der Waals surface area contributed by atoms with Gasteiger partial charge < -0.3 is 9.47 Å². The molecule has 0 saturated heterocycles. The molecule has 2 aromatic rings. The monoisotopic (exact) mass is 267 g/mol. The van der Waals surface area contributed by atoms with E-state index >= 15 is 0 Å². The molecule has 0 fully saturated rings. The summed E-state index contributed by atoms with van der Waals surface area (Å²) >= 11 is 7.47. The molecule has 1 aliphatic heterocycles. The van der Waals surface area contributed by atoms with E-state index in [-0.39, 0.29) is 0 Å². The van der Waals surface area contributed by atoms with Crippen LogP contribution in [0.4, 0.5) is 0 Å². The van der Waals surface area contributed by atoms with Crippen LogP contribution in [0.25, 0.3) is 10.6 Å². The zero-order chi connectivity index (χ0) is 11.8. The smallest absolute Gasteiger partial charge is 0.231 e. The second kappa shape index (κ2) is 4.20. The van der Waals surface area contributed by atoms with Crippen LogP contribution >= 0.6 is 22.9 Å². The van der Waals surface area contributed by atoms with Gasteiger partial charge in [-0.3, -0.25) is 0 Å². The highest BCUT2D eigenvalue weighted by Gasteiger charge is 2.16. The van der Waals surface area contributed by atoms with Crippen molar-refractivity contribution in [3.63, 3.8) is 0 Å². The van der Waals surface area contributed by atoms with Crippen molar-refractivity contribution in [1.82, 2.24) is 4.98 Å². The maximum Gasteiger partial charge on any atom is 0.231 e. The summed E-state index contributed by atoms with van der Waals surface area (Å²) in [5, 5.41) is 0.969. The number of hydrogen-bond acceptors (Lipinski definition) is 4. The van der Waals surface area contributed by atoms with E-state index in [0.29, 0.717) is 12.7 Å². The van der Waals surface area contributed by atoms with Crippen molar-refractivity contribution in [3.8, 4) is 22.1 Å². The molecule has 0 amide bonds. The fraction of sp³-hybridized carbons (Fsp3) is 0.250. The SMILES string of the molecule is Cc1sc(-c2ccc3c(c2)OCO3)nc1CCl. The highest BCUT2D eigenvalue weighted by Crippen LogP contribution is 2.37. The molecule has 5 heteroatoms. The van der Waals surface area contributed by atoms with Crippen LogP contribution in [0.5, 0.6) is 11.5 Å². The van der Waals surface area contributed by atoms with Gasteiger partial charge in [-0.25, -0.2) is 4.98 Å². The van der Waals surface area contributed by atoms with E-state index in [4.69, 9.17) is 21.1 Å². The molecule has 1 aromatic carbocycles. The zero-order valence-corrected chi connectivity index (χ0v) is 10.8. The molecule has 3 rings (SSSR count). The van der Waals surface area contributed by atoms with Gasteiger partial charge in [0.1, 0.15) is 5.01 Å². The van der Waals surface area contributed by atoms with Crippen molar-refractivity contribution in [2.45, 2.75) is 12.8 Å². The van der Waals surface area contributed by atoms with Crippen LogP contribution in [0.15, 0.2) is 18.2 Å². The average Bonchev–Trinajstić information content (AvgIpc) is 2.93. The number of halogens is 1. The Balaban J connectivity index is 2.03. The van der Waals surface area contributed by atoms with Crippen molar-refractivity contribution in [2.75, 3.05) is 6.79 Å². The lowest BCUT2D eigenvalue weighted by molar-refractivity contribution is 0.174. The molecular weight excluding hydrogens is 258 g/mol. The van der Waals surface area contributed by atoms with E-state index in [1.165, 1.54) is 0 Å². The van der Waals surface area contributed by atoms with E-state index in [9.17, 15) is 0 Å². The van der Waals surface area contributed by atoms with Crippen LogP contribution < -0.4 is 9.47 Å². The number of ether oxygens (including phenoxy) is 2. The first-order valence-corrected chi connectivity index (χ1v) is 6.55. The molecular formula is C12H10ClNO2S. The lowest BCUT2D eigenvalue weighted by atomic mass is 10.2. The van der Waals surface area contributed by atoms with Crippen molar-refractivity contribution >= 4 is 22.9 Å². The third-order valence-corrected chi connectivity index (χ3v) is 3.95. The molecule has 0 atom stereocenters. The largest absolute Gasteiger partial charge is 0.454 e. The van der Waals surface area contributed by atoms with Crippen molar-refractivity contribution in [3.05, 3.63) is 28.8 Å². The van der Waals surface area contributed by atoms with Crippen LogP contribution in [0.1, 0.15) is 10.6 Å². The molecule has 17 heavy (non-hydrogen) atoms. The van der Waals surface area contributed by atoms with E-state index < -0.39 is 0 Å². The molecule has 0 saturated carbocycles. The van der Waals surface area contributed by atoms with Gasteiger partial charge in [0, 0.05) is 10.4 Å². The van der Waals surface area contributed by atoms with E-state index in [0.717, 1.165) is 32.6 Å². The summed E-state index contributed by atoms with van der Waals surface area (Å²) in [6, 6.07) is 5.86. The van der Waals surface area contributed by atoms with Crippen molar-refractivity contribution in [2.24, 2.45) is 0 Å². The van der Waals surface area contributed by atoms with Gasteiger partial charge in [0.05, 0.1) is 11.6 Å². The van der Waals surface area contributed by atoms with Gasteiger partial charge in [-0.1, -0.05) is 0 Å². The second-order valence-electron chi connectivity index (χ2n) is 3.72. The molecule has 0 spiro atoms. The number of fused-ring (bicyclic) bond motifs is 1. The lowest BCUT2D eigenvalue weighted by Crippen LogP contribution is -1.92. The Bertz CT molecular complexity index is 568. The fourth-order valence-corrected chi connectivity index (χ4v) is 2.97. The molecule has 0 unspecified atom stereocenters. The maximum absolute atomic E-state index is 5.83. The summed E-state index contributed by atoms with van der Waals surface area (Å²) < 4.78 is 10.6. The quantitative estimate of drug-likeness (QED) is 0.780. The van der Waals surface area contributed by atoms with Crippen LogP contribution in [0.2, 0.25) is 0 Å². The summed E-state index contributed by atoms with van der Waals surface area (Å²) in [6.45, 7) is 2.33. The Morgan fingerprint density at radius 2 is 2.18 bits per heavy atom. The third-order valence-electron chi connectivity index (χ3n) is 2.64. The summed E-state index contributed by atoms with van der Waals surface area (Å²) in [6.07, 6.45) is 0. The van der Waals surface area contributed by atoms with Crippen molar-refractivity contribution in [1.29, 1.82) is 0 Å². The first-order valence-electron chi connectivity index (χ1n) is 5.20. The lowest BCUT2D eigenvalue weighted by Gasteiger charge is -1.98. The second-order valence-corrected chi connectivity index (χ2v) is 5.19. The standard InChI is InChI=1S/C12H10ClNO2S/c1-7-9(5-13)14-12(17-7)8-2-3-10-11(4-8)16-6-15-10/h2-4H,5-6H2,1H3. The Morgan fingerprint density at radius 1 is 1.35 bits per heavy atom. The number of alkyl halides is 1. The minimum atomic E-state index is 0.294. The minimum absolute atomic E-state index is 0.294. The number of rotatable bonds is 2. The molecule has 0 N–H and O–H groups in total. The van der Waals surface area contributed by atoms with Crippen LogP contribution in [-0.2, 0) is 5.88 Å². The van der Waals surface area contributed by atoms with Gasteiger partial charge in [0.2, 0.25) is 6.79 Å². The Kier molecular flexibility index (Phi) is 2.68. The molecule has 1 aromatic heterocycles. The van der Waals surface area contributed by atoms with Crippen molar-refractivity contribution < 1.29 is 9.47 Å². The topological polar surface area (TPSA) is 31.4 Å². The first kappa shape index (κ1) is 10.9. The third kappa shape index (κ3) is 1.87. The highest BCUT2D eigenvalue weighted by molar-refractivity contribution is 7.15. The molecule has 0 radical (unpaired) electrons. The van der Waals surface area contributed by atoms with Gasteiger partial charge >= 0.3 is 0 Å². The maximum atomic E-state index is 5.83. The zero-order valence-electron chi connectivity index (χ0n) is 9.20. The van der Waals surface area contributed by atoms with E-state index in [2.05, 4.69) is 4.98 Å². The summed E-state index contributed by atoms with van der Waals surface area (Å²) in [5.41, 5.74) is 1.99. The number of thiazole rings is 1. The normalized spacial score (nSPS) is 13.1. The van der Waals surface area contributed by atoms with Crippen LogP contribution in [-0.4, -0.2) is 11.8 Å². The molecule has 3 nitrogen and oxygen atoms in total. The van der Waals surface area contributed by atoms with Crippen LogP contribution in [0, 0.1) is 6.92 Å². The average molecular weight is 268 g/mol. The molecule has 0 bridgehead atoms. The predicted octanol–water partition coefficient (Wildman–Crippen LogP) is 3.59. The highest BCUT2D eigenvalue weighted by atomic mass is 35.5. The predicted molar refractivity (Wildman–Crippen MR) is 68.0 cm³/mol. The molecule has 88 valence electrons. The van der Waals surface area contributed by atoms with Gasteiger partial charge in [-0.2, -0.15) is 0 Å². The Labute approximate surface area is 108 Å². The number of benzene rings is 1. The van der Waals surface area contributed by atoms with Crippen LogP contribution in [0.3, 0.4) is 0 Å². The molecule has 0 aliphatic carbocycles. The number of nitrogens with zero attached hydrogens (tertiary/aromatic N) is 1. The summed E-state index contributed by atoms with van der Waals surface area (Å²) in [4.78, 5) is 5.67. The minimum Gasteiger partial charge on any atom is -0.454 e. The van der Waals surface area contributed by atoms with E-state index in [1.54, 1.807) is 11.3 Å². The summed E-state index contributed by atoms with van der Waals surface area (Å²) in [5.74, 6) is 2.02. The fourth-order valence-electron chi connectivity index (χ4n) is 1.71. The number of hydrogen-bond donors (Lipinski definition) is 0.